The molecule has 0 bridgehead atoms. The quantitative estimate of drug-likeness (QED) is 0.809. The Morgan fingerprint density at radius 2 is 1.89 bits per heavy atom. The predicted octanol–water partition coefficient (Wildman–Crippen LogP) is 2.26. The Balaban J connectivity index is 1.41. The number of hydrogen-bond donors (Lipinski definition) is 0. The molecule has 0 unspecified atom stereocenters. The van der Waals surface area contributed by atoms with Crippen molar-refractivity contribution in [2.45, 2.75) is 31.8 Å². The minimum Gasteiger partial charge on any atom is -0.375 e. The number of rotatable bonds is 4. The molecule has 28 heavy (non-hydrogen) atoms. The fourth-order valence-corrected chi connectivity index (χ4v) is 3.89. The zero-order valence-corrected chi connectivity index (χ0v) is 16.2. The lowest BCUT2D eigenvalue weighted by atomic mass is 10.1. The SMILES string of the molecule is O=C(c1cnc(-c2cccnc2)nc1)N1CCCO[C@@H](CN2CCCCC2)C1. The second-order valence-electron chi connectivity index (χ2n) is 7.50. The summed E-state index contributed by atoms with van der Waals surface area (Å²) < 4.78 is 6.03. The molecular formula is C21H27N5O2. The number of carbonyl (C=O) groups excluding carboxylic acids is 1. The molecule has 4 rings (SSSR count). The topological polar surface area (TPSA) is 71.5 Å². The van der Waals surface area contributed by atoms with Gasteiger partial charge in [0.2, 0.25) is 0 Å². The molecule has 2 saturated heterocycles. The van der Waals surface area contributed by atoms with E-state index in [1.54, 1.807) is 24.8 Å². The minimum atomic E-state index is -0.0214. The lowest BCUT2D eigenvalue weighted by molar-refractivity contribution is 0.0216. The van der Waals surface area contributed by atoms with E-state index < -0.39 is 0 Å². The summed E-state index contributed by atoms with van der Waals surface area (Å²) >= 11 is 0. The van der Waals surface area contributed by atoms with E-state index in [9.17, 15) is 4.79 Å². The normalized spacial score (nSPS) is 21.3. The van der Waals surface area contributed by atoms with Gasteiger partial charge in [-0.2, -0.15) is 0 Å². The first kappa shape index (κ1) is 19.0. The lowest BCUT2D eigenvalue weighted by Gasteiger charge is -2.31. The molecule has 2 aromatic heterocycles. The number of ether oxygens (including phenoxy) is 1. The summed E-state index contributed by atoms with van der Waals surface area (Å²) in [5.41, 5.74) is 1.36. The number of nitrogens with zero attached hydrogens (tertiary/aromatic N) is 5. The van der Waals surface area contributed by atoms with Crippen LogP contribution in [0.2, 0.25) is 0 Å². The number of pyridine rings is 1. The summed E-state index contributed by atoms with van der Waals surface area (Å²) in [5, 5.41) is 0. The Labute approximate surface area is 165 Å². The van der Waals surface area contributed by atoms with Crippen molar-refractivity contribution < 1.29 is 9.53 Å². The standard InChI is InChI=1S/C21H27N5O2/c27-21(18-13-23-20(24-14-18)17-6-4-7-22-12-17)26-10-5-11-28-19(16-26)15-25-8-2-1-3-9-25/h4,6-7,12-14,19H,1-3,5,8-11,15-16H2/t19-/m0/s1. The summed E-state index contributed by atoms with van der Waals surface area (Å²) in [6.07, 6.45) is 11.4. The smallest absolute Gasteiger partial charge is 0.257 e. The van der Waals surface area contributed by atoms with Gasteiger partial charge in [0.25, 0.3) is 5.91 Å². The van der Waals surface area contributed by atoms with Crippen molar-refractivity contribution in [3.8, 4) is 11.4 Å². The molecule has 1 amide bonds. The highest BCUT2D eigenvalue weighted by molar-refractivity contribution is 5.93. The van der Waals surface area contributed by atoms with Gasteiger partial charge >= 0.3 is 0 Å². The molecule has 0 N–H and O–H groups in total. The van der Waals surface area contributed by atoms with Gasteiger partial charge in [-0.25, -0.2) is 9.97 Å². The van der Waals surface area contributed by atoms with Gasteiger partial charge in [-0.3, -0.25) is 9.78 Å². The summed E-state index contributed by atoms with van der Waals surface area (Å²) in [4.78, 5) is 30.2. The third-order valence-electron chi connectivity index (χ3n) is 5.37. The molecule has 0 aromatic carbocycles. The van der Waals surface area contributed by atoms with Gasteiger partial charge in [0.15, 0.2) is 5.82 Å². The number of hydrogen-bond acceptors (Lipinski definition) is 6. The van der Waals surface area contributed by atoms with Gasteiger partial charge in [0.05, 0.1) is 11.7 Å². The predicted molar refractivity (Wildman–Crippen MR) is 106 cm³/mol. The number of amides is 1. The van der Waals surface area contributed by atoms with E-state index in [1.165, 1.54) is 19.3 Å². The molecule has 4 heterocycles. The van der Waals surface area contributed by atoms with Crippen LogP contribution in [-0.2, 0) is 4.74 Å². The Morgan fingerprint density at radius 1 is 1.07 bits per heavy atom. The maximum absolute atomic E-state index is 13.0. The highest BCUT2D eigenvalue weighted by Gasteiger charge is 2.26. The maximum atomic E-state index is 13.0. The van der Waals surface area contributed by atoms with Crippen LogP contribution >= 0.6 is 0 Å². The average Bonchev–Trinajstić information content (AvgIpc) is 3.00. The Hall–Kier alpha value is -2.38. The van der Waals surface area contributed by atoms with Crippen molar-refractivity contribution in [3.63, 3.8) is 0 Å². The summed E-state index contributed by atoms with van der Waals surface area (Å²) in [7, 11) is 0. The number of carbonyl (C=O) groups is 1. The fraction of sp³-hybridized carbons (Fsp3) is 0.524. The summed E-state index contributed by atoms with van der Waals surface area (Å²) in [6.45, 7) is 5.22. The van der Waals surface area contributed by atoms with E-state index in [2.05, 4.69) is 19.9 Å². The van der Waals surface area contributed by atoms with Gasteiger partial charge in [-0.15, -0.1) is 0 Å². The van der Waals surface area contributed by atoms with Gasteiger partial charge in [-0.05, 0) is 44.5 Å². The molecule has 2 fully saturated rings. The van der Waals surface area contributed by atoms with Crippen molar-refractivity contribution >= 4 is 5.91 Å². The first-order valence-electron chi connectivity index (χ1n) is 10.2. The highest BCUT2D eigenvalue weighted by Crippen LogP contribution is 2.16. The van der Waals surface area contributed by atoms with E-state index in [4.69, 9.17) is 4.74 Å². The molecule has 0 saturated carbocycles. The zero-order chi connectivity index (χ0) is 19.2. The second-order valence-corrected chi connectivity index (χ2v) is 7.50. The van der Waals surface area contributed by atoms with Crippen LogP contribution in [0.4, 0.5) is 0 Å². The molecule has 7 heteroatoms. The molecule has 7 nitrogen and oxygen atoms in total. The first-order valence-corrected chi connectivity index (χ1v) is 10.2. The molecule has 1 atom stereocenters. The molecule has 0 spiro atoms. The zero-order valence-electron chi connectivity index (χ0n) is 16.2. The van der Waals surface area contributed by atoms with E-state index in [1.807, 2.05) is 17.0 Å². The fourth-order valence-electron chi connectivity index (χ4n) is 3.89. The molecule has 0 radical (unpaired) electrons. The molecule has 0 aliphatic carbocycles. The summed E-state index contributed by atoms with van der Waals surface area (Å²) in [5.74, 6) is 0.554. The number of piperidine rings is 1. The molecule has 148 valence electrons. The van der Waals surface area contributed by atoms with Crippen LogP contribution in [0.1, 0.15) is 36.0 Å². The van der Waals surface area contributed by atoms with Crippen LogP contribution in [0.15, 0.2) is 36.9 Å². The lowest BCUT2D eigenvalue weighted by Crippen LogP contribution is -2.43. The minimum absolute atomic E-state index is 0.0214. The maximum Gasteiger partial charge on any atom is 0.257 e. The van der Waals surface area contributed by atoms with Gasteiger partial charge in [-0.1, -0.05) is 6.42 Å². The number of aromatic nitrogens is 3. The number of likely N-dealkylation sites (tertiary alicyclic amines) is 1. The van der Waals surface area contributed by atoms with Crippen LogP contribution in [0, 0.1) is 0 Å². The molecule has 2 aromatic rings. The Bertz CT molecular complexity index is 762. The summed E-state index contributed by atoms with van der Waals surface area (Å²) in [6, 6.07) is 3.75. The average molecular weight is 381 g/mol. The van der Waals surface area contributed by atoms with Crippen LogP contribution in [0.25, 0.3) is 11.4 Å². The Kier molecular flexibility index (Phi) is 6.24. The third-order valence-corrected chi connectivity index (χ3v) is 5.37. The van der Waals surface area contributed by atoms with E-state index >= 15 is 0 Å². The van der Waals surface area contributed by atoms with Crippen LogP contribution in [0.5, 0.6) is 0 Å². The van der Waals surface area contributed by atoms with Crippen molar-refractivity contribution in [2.24, 2.45) is 0 Å². The largest absolute Gasteiger partial charge is 0.375 e. The van der Waals surface area contributed by atoms with Crippen LogP contribution in [0.3, 0.4) is 0 Å². The van der Waals surface area contributed by atoms with E-state index in [0.717, 1.165) is 31.6 Å². The van der Waals surface area contributed by atoms with Crippen molar-refractivity contribution in [3.05, 3.63) is 42.5 Å². The van der Waals surface area contributed by atoms with E-state index in [0.29, 0.717) is 31.1 Å². The van der Waals surface area contributed by atoms with Crippen molar-refractivity contribution in [2.75, 3.05) is 39.3 Å². The first-order chi connectivity index (χ1) is 13.8. The van der Waals surface area contributed by atoms with Gasteiger partial charge in [0, 0.05) is 56.6 Å². The molecule has 2 aliphatic rings. The second kappa shape index (κ2) is 9.21. The highest BCUT2D eigenvalue weighted by atomic mass is 16.5. The van der Waals surface area contributed by atoms with Crippen molar-refractivity contribution in [1.29, 1.82) is 0 Å². The van der Waals surface area contributed by atoms with Crippen LogP contribution < -0.4 is 0 Å². The molecule has 2 aliphatic heterocycles. The van der Waals surface area contributed by atoms with Crippen molar-refractivity contribution in [1.82, 2.24) is 24.8 Å². The van der Waals surface area contributed by atoms with Gasteiger partial charge in [0.1, 0.15) is 0 Å². The third kappa shape index (κ3) is 4.72. The monoisotopic (exact) mass is 381 g/mol. The van der Waals surface area contributed by atoms with E-state index in [-0.39, 0.29) is 12.0 Å². The van der Waals surface area contributed by atoms with Gasteiger partial charge < -0.3 is 14.5 Å². The van der Waals surface area contributed by atoms with Crippen LogP contribution in [-0.4, -0.2) is 76.1 Å². The Morgan fingerprint density at radius 3 is 2.64 bits per heavy atom. The molecular weight excluding hydrogens is 354 g/mol.